The number of methoxy groups -OCH3 is 1. The average Bonchev–Trinajstić information content (AvgIpc) is 2.43. The van der Waals surface area contributed by atoms with Crippen molar-refractivity contribution in [3.05, 3.63) is 23.3 Å². The van der Waals surface area contributed by atoms with Gasteiger partial charge in [0.25, 0.3) is 0 Å². The topological polar surface area (TPSA) is 55.4 Å². The molecule has 2 atom stereocenters. The van der Waals surface area contributed by atoms with Crippen molar-refractivity contribution in [3.63, 3.8) is 0 Å². The summed E-state index contributed by atoms with van der Waals surface area (Å²) < 4.78 is 33.5. The first-order valence-corrected chi connectivity index (χ1v) is 9.01. The van der Waals surface area contributed by atoms with E-state index in [0.717, 1.165) is 30.6 Å². The van der Waals surface area contributed by atoms with Crippen LogP contribution in [0.3, 0.4) is 0 Å². The lowest BCUT2D eigenvalue weighted by Gasteiger charge is -2.29. The third kappa shape index (κ3) is 3.58. The molecule has 0 bridgehead atoms. The maximum atomic E-state index is 12.7. The SMILES string of the molecule is COc1cc(C)c(S(=O)(=O)NC2CCCCC2C)cc1C. The van der Waals surface area contributed by atoms with Crippen LogP contribution in [-0.4, -0.2) is 21.6 Å². The summed E-state index contributed by atoms with van der Waals surface area (Å²) in [5.41, 5.74) is 1.55. The fraction of sp³-hybridized carbons (Fsp3) is 0.625. The van der Waals surface area contributed by atoms with Crippen molar-refractivity contribution in [3.8, 4) is 5.75 Å². The average molecular weight is 311 g/mol. The van der Waals surface area contributed by atoms with Crippen molar-refractivity contribution < 1.29 is 13.2 Å². The molecule has 2 unspecified atom stereocenters. The third-order valence-corrected chi connectivity index (χ3v) is 6.03. The molecule has 4 nitrogen and oxygen atoms in total. The Morgan fingerprint density at radius 2 is 1.81 bits per heavy atom. The largest absolute Gasteiger partial charge is 0.496 e. The molecule has 1 saturated carbocycles. The molecule has 2 rings (SSSR count). The first-order chi connectivity index (χ1) is 9.85. The number of hydrogen-bond acceptors (Lipinski definition) is 3. The van der Waals surface area contributed by atoms with Crippen LogP contribution >= 0.6 is 0 Å². The Bertz CT molecular complexity index is 610. The number of benzene rings is 1. The number of nitrogens with one attached hydrogen (secondary N) is 1. The quantitative estimate of drug-likeness (QED) is 0.929. The van der Waals surface area contributed by atoms with Crippen molar-refractivity contribution >= 4 is 10.0 Å². The van der Waals surface area contributed by atoms with Gasteiger partial charge in [-0.15, -0.1) is 0 Å². The Hall–Kier alpha value is -1.07. The molecule has 0 saturated heterocycles. The van der Waals surface area contributed by atoms with E-state index in [0.29, 0.717) is 16.4 Å². The molecule has 1 aromatic carbocycles. The van der Waals surface area contributed by atoms with Crippen LogP contribution in [-0.2, 0) is 10.0 Å². The van der Waals surface area contributed by atoms with Crippen LogP contribution < -0.4 is 9.46 Å². The van der Waals surface area contributed by atoms with Crippen molar-refractivity contribution in [2.45, 2.75) is 57.4 Å². The lowest BCUT2D eigenvalue weighted by Crippen LogP contribution is -2.41. The molecule has 0 spiro atoms. The molecule has 1 fully saturated rings. The number of hydrogen-bond donors (Lipinski definition) is 1. The first kappa shape index (κ1) is 16.3. The number of ether oxygens (including phenoxy) is 1. The zero-order valence-electron chi connectivity index (χ0n) is 13.3. The van der Waals surface area contributed by atoms with Crippen LogP contribution in [0.4, 0.5) is 0 Å². The van der Waals surface area contributed by atoms with Crippen LogP contribution in [0, 0.1) is 19.8 Å². The Balaban J connectivity index is 2.29. The van der Waals surface area contributed by atoms with E-state index in [4.69, 9.17) is 4.74 Å². The smallest absolute Gasteiger partial charge is 0.241 e. The lowest BCUT2D eigenvalue weighted by atomic mass is 9.87. The van der Waals surface area contributed by atoms with Gasteiger partial charge in [-0.05, 0) is 55.9 Å². The maximum Gasteiger partial charge on any atom is 0.241 e. The highest BCUT2D eigenvalue weighted by molar-refractivity contribution is 7.89. The van der Waals surface area contributed by atoms with Crippen LogP contribution in [0.1, 0.15) is 43.7 Å². The number of rotatable bonds is 4. The predicted octanol–water partition coefficient (Wildman–Crippen LogP) is 3.17. The Labute approximate surface area is 127 Å². The molecule has 0 aromatic heterocycles. The van der Waals surface area contributed by atoms with Crippen LogP contribution in [0.2, 0.25) is 0 Å². The fourth-order valence-electron chi connectivity index (χ4n) is 3.03. The van der Waals surface area contributed by atoms with E-state index >= 15 is 0 Å². The van der Waals surface area contributed by atoms with Crippen LogP contribution in [0.25, 0.3) is 0 Å². The maximum absolute atomic E-state index is 12.7. The summed E-state index contributed by atoms with van der Waals surface area (Å²) in [6.45, 7) is 5.79. The normalized spacial score (nSPS) is 23.0. The molecular weight excluding hydrogens is 286 g/mol. The van der Waals surface area contributed by atoms with Crippen LogP contribution in [0.15, 0.2) is 17.0 Å². The van der Waals surface area contributed by atoms with E-state index in [2.05, 4.69) is 11.6 Å². The predicted molar refractivity (Wildman–Crippen MR) is 84.2 cm³/mol. The van der Waals surface area contributed by atoms with E-state index in [9.17, 15) is 8.42 Å². The van der Waals surface area contributed by atoms with Crippen molar-refractivity contribution in [1.29, 1.82) is 0 Å². The van der Waals surface area contributed by atoms with Gasteiger partial charge >= 0.3 is 0 Å². The van der Waals surface area contributed by atoms with Gasteiger partial charge in [0.1, 0.15) is 5.75 Å². The Morgan fingerprint density at radius 1 is 1.14 bits per heavy atom. The molecule has 0 amide bonds. The minimum Gasteiger partial charge on any atom is -0.496 e. The van der Waals surface area contributed by atoms with Gasteiger partial charge in [0.2, 0.25) is 10.0 Å². The number of sulfonamides is 1. The van der Waals surface area contributed by atoms with Gasteiger partial charge in [-0.25, -0.2) is 13.1 Å². The van der Waals surface area contributed by atoms with E-state index in [1.807, 2.05) is 6.92 Å². The second-order valence-corrected chi connectivity index (χ2v) is 7.76. The summed E-state index contributed by atoms with van der Waals surface area (Å²) in [6, 6.07) is 3.53. The van der Waals surface area contributed by atoms with Gasteiger partial charge in [-0.3, -0.25) is 0 Å². The summed E-state index contributed by atoms with van der Waals surface area (Å²) in [4.78, 5) is 0.360. The van der Waals surface area contributed by atoms with Gasteiger partial charge in [0.05, 0.1) is 12.0 Å². The molecule has 1 N–H and O–H groups in total. The third-order valence-electron chi connectivity index (χ3n) is 4.40. The first-order valence-electron chi connectivity index (χ1n) is 7.52. The summed E-state index contributed by atoms with van der Waals surface area (Å²) in [7, 11) is -1.88. The monoisotopic (exact) mass is 311 g/mol. The Morgan fingerprint density at radius 3 is 2.43 bits per heavy atom. The minimum absolute atomic E-state index is 0.0468. The van der Waals surface area contributed by atoms with Gasteiger partial charge in [-0.2, -0.15) is 0 Å². The van der Waals surface area contributed by atoms with Gasteiger partial charge in [0.15, 0.2) is 0 Å². The zero-order chi connectivity index (χ0) is 15.6. The fourth-order valence-corrected chi connectivity index (χ4v) is 4.72. The molecule has 0 heterocycles. The summed E-state index contributed by atoms with van der Waals surface area (Å²) in [5, 5.41) is 0. The standard InChI is InChI=1S/C16H25NO3S/c1-11-7-5-6-8-14(11)17-21(18,19)16-10-12(2)15(20-4)9-13(16)3/h9-11,14,17H,5-8H2,1-4H3. The van der Waals surface area contributed by atoms with Gasteiger partial charge in [0, 0.05) is 6.04 Å². The van der Waals surface area contributed by atoms with Crippen molar-refractivity contribution in [2.75, 3.05) is 7.11 Å². The van der Waals surface area contributed by atoms with Gasteiger partial charge in [-0.1, -0.05) is 19.8 Å². The van der Waals surface area contributed by atoms with Crippen LogP contribution in [0.5, 0.6) is 5.75 Å². The molecule has 21 heavy (non-hydrogen) atoms. The second kappa shape index (κ2) is 6.36. The van der Waals surface area contributed by atoms with E-state index in [-0.39, 0.29) is 6.04 Å². The highest BCUT2D eigenvalue weighted by Crippen LogP contribution is 2.28. The minimum atomic E-state index is -3.48. The molecule has 1 aromatic rings. The van der Waals surface area contributed by atoms with E-state index < -0.39 is 10.0 Å². The molecule has 0 aliphatic heterocycles. The highest BCUT2D eigenvalue weighted by Gasteiger charge is 2.28. The van der Waals surface area contributed by atoms with Crippen molar-refractivity contribution in [2.24, 2.45) is 5.92 Å². The Kier molecular flexibility index (Phi) is 4.94. The molecule has 1 aliphatic carbocycles. The lowest BCUT2D eigenvalue weighted by molar-refractivity contribution is 0.310. The van der Waals surface area contributed by atoms with Crippen molar-refractivity contribution in [1.82, 2.24) is 4.72 Å². The summed E-state index contributed by atoms with van der Waals surface area (Å²) in [6.07, 6.45) is 4.31. The van der Waals surface area contributed by atoms with Gasteiger partial charge < -0.3 is 4.74 Å². The van der Waals surface area contributed by atoms with E-state index in [1.165, 1.54) is 6.42 Å². The molecular formula is C16H25NO3S. The zero-order valence-corrected chi connectivity index (χ0v) is 14.1. The second-order valence-electron chi connectivity index (χ2n) is 6.08. The highest BCUT2D eigenvalue weighted by atomic mass is 32.2. The molecule has 118 valence electrons. The number of aryl methyl sites for hydroxylation is 2. The van der Waals surface area contributed by atoms with E-state index in [1.54, 1.807) is 26.2 Å². The molecule has 0 radical (unpaired) electrons. The molecule has 1 aliphatic rings. The molecule has 5 heteroatoms. The summed E-state index contributed by atoms with van der Waals surface area (Å²) in [5.74, 6) is 1.12. The summed E-state index contributed by atoms with van der Waals surface area (Å²) >= 11 is 0.